The molecule has 0 saturated carbocycles. The van der Waals surface area contributed by atoms with Crippen LogP contribution in [0.15, 0.2) is 0 Å². The largest absolute Gasteiger partial charge is 0.373 e. The average Bonchev–Trinajstić information content (AvgIpc) is 1.62. The van der Waals surface area contributed by atoms with Crippen molar-refractivity contribution >= 4 is 13.2 Å². The standard InChI is InChI=1S/C5H11O4P/c1-4(6)5(2,7)10(3,8)9/h7H,1-3H3,(H,8,9). The number of hydrogen-bond acceptors (Lipinski definition) is 3. The molecule has 5 heteroatoms. The summed E-state index contributed by atoms with van der Waals surface area (Å²) in [4.78, 5) is 19.3. The first kappa shape index (κ1) is 9.82. The summed E-state index contributed by atoms with van der Waals surface area (Å²) < 4.78 is 10.8. The van der Waals surface area contributed by atoms with Gasteiger partial charge in [-0.25, -0.2) is 0 Å². The smallest absolute Gasteiger partial charge is 0.235 e. The molecule has 0 aromatic carbocycles. The molecule has 10 heavy (non-hydrogen) atoms. The highest BCUT2D eigenvalue weighted by atomic mass is 31.2. The molecular formula is C5H11O4P. The Morgan fingerprint density at radius 3 is 1.90 bits per heavy atom. The summed E-state index contributed by atoms with van der Waals surface area (Å²) >= 11 is 0. The SMILES string of the molecule is CC(=O)C(C)(O)P(C)(=O)O. The van der Waals surface area contributed by atoms with E-state index in [0.29, 0.717) is 0 Å². The Morgan fingerprint density at radius 1 is 1.60 bits per heavy atom. The lowest BCUT2D eigenvalue weighted by atomic mass is 10.3. The molecule has 0 fully saturated rings. The molecule has 0 amide bonds. The van der Waals surface area contributed by atoms with E-state index in [1.165, 1.54) is 0 Å². The molecule has 0 aliphatic rings. The van der Waals surface area contributed by atoms with Gasteiger partial charge in [0, 0.05) is 6.66 Å². The van der Waals surface area contributed by atoms with Gasteiger partial charge in [-0.1, -0.05) is 0 Å². The molecule has 0 spiro atoms. The molecule has 0 aromatic heterocycles. The van der Waals surface area contributed by atoms with E-state index in [1.54, 1.807) is 0 Å². The summed E-state index contributed by atoms with van der Waals surface area (Å²) in [6.45, 7) is 3.07. The number of carbonyl (C=O) groups is 1. The van der Waals surface area contributed by atoms with Gasteiger partial charge >= 0.3 is 0 Å². The van der Waals surface area contributed by atoms with Crippen LogP contribution >= 0.6 is 7.37 Å². The van der Waals surface area contributed by atoms with Crippen molar-refractivity contribution in [1.29, 1.82) is 0 Å². The third kappa shape index (κ3) is 1.66. The van der Waals surface area contributed by atoms with Crippen LogP contribution in [0.2, 0.25) is 0 Å². The molecule has 60 valence electrons. The van der Waals surface area contributed by atoms with Gasteiger partial charge in [0.15, 0.2) is 11.1 Å². The van der Waals surface area contributed by atoms with Gasteiger partial charge in [0.05, 0.1) is 0 Å². The van der Waals surface area contributed by atoms with E-state index in [9.17, 15) is 9.36 Å². The van der Waals surface area contributed by atoms with Crippen molar-refractivity contribution < 1.29 is 19.4 Å². The van der Waals surface area contributed by atoms with E-state index in [1.807, 2.05) is 0 Å². The Balaban J connectivity index is 4.75. The molecule has 0 bridgehead atoms. The lowest BCUT2D eigenvalue weighted by Crippen LogP contribution is -2.32. The summed E-state index contributed by atoms with van der Waals surface area (Å²) in [5.74, 6) is -0.694. The second-order valence-corrected chi connectivity index (χ2v) is 5.09. The van der Waals surface area contributed by atoms with Crippen molar-refractivity contribution in [3.63, 3.8) is 0 Å². The fourth-order valence-corrected chi connectivity index (χ4v) is 0.876. The van der Waals surface area contributed by atoms with Crippen LogP contribution < -0.4 is 0 Å². The van der Waals surface area contributed by atoms with Gasteiger partial charge in [0.2, 0.25) is 7.37 Å². The number of rotatable bonds is 2. The molecule has 0 rings (SSSR count). The van der Waals surface area contributed by atoms with Crippen molar-refractivity contribution in [2.45, 2.75) is 19.2 Å². The molecule has 0 aliphatic heterocycles. The molecule has 0 saturated heterocycles. The Kier molecular flexibility index (Phi) is 2.41. The number of aliphatic hydroxyl groups is 1. The number of Topliss-reactive ketones (excluding diaryl/α,β-unsaturated/α-hetero) is 1. The van der Waals surface area contributed by atoms with Gasteiger partial charge < -0.3 is 10.00 Å². The van der Waals surface area contributed by atoms with E-state index in [-0.39, 0.29) is 0 Å². The van der Waals surface area contributed by atoms with Crippen LogP contribution in [0.4, 0.5) is 0 Å². The molecule has 0 aliphatic carbocycles. The summed E-state index contributed by atoms with van der Waals surface area (Å²) in [7, 11) is -3.72. The zero-order valence-corrected chi connectivity index (χ0v) is 7.05. The second-order valence-electron chi connectivity index (χ2n) is 2.46. The fourth-order valence-electron chi connectivity index (χ4n) is 0.292. The molecule has 0 aromatic rings. The normalized spacial score (nSPS) is 22.9. The van der Waals surface area contributed by atoms with Gasteiger partial charge in [-0.2, -0.15) is 0 Å². The summed E-state index contributed by atoms with van der Waals surface area (Å²) in [6.07, 6.45) is 0. The van der Waals surface area contributed by atoms with Gasteiger partial charge in [-0.15, -0.1) is 0 Å². The summed E-state index contributed by atoms with van der Waals surface area (Å²) in [5, 5.41) is 6.98. The molecule has 4 nitrogen and oxygen atoms in total. The van der Waals surface area contributed by atoms with E-state index in [4.69, 9.17) is 10.00 Å². The van der Waals surface area contributed by atoms with Gasteiger partial charge in [-0.05, 0) is 13.8 Å². The maximum absolute atomic E-state index is 10.8. The molecule has 2 atom stereocenters. The highest BCUT2D eigenvalue weighted by Gasteiger charge is 2.41. The lowest BCUT2D eigenvalue weighted by Gasteiger charge is -2.22. The minimum absolute atomic E-state index is 0.694. The maximum atomic E-state index is 10.8. The Bertz CT molecular complexity index is 190. The van der Waals surface area contributed by atoms with Crippen molar-refractivity contribution in [3.8, 4) is 0 Å². The van der Waals surface area contributed by atoms with Crippen LogP contribution in [0, 0.1) is 0 Å². The summed E-state index contributed by atoms with van der Waals surface area (Å²) in [5.41, 5.74) is 0. The lowest BCUT2D eigenvalue weighted by molar-refractivity contribution is -0.127. The molecule has 0 heterocycles. The monoisotopic (exact) mass is 166 g/mol. The van der Waals surface area contributed by atoms with E-state index >= 15 is 0 Å². The fraction of sp³-hybridized carbons (Fsp3) is 0.800. The summed E-state index contributed by atoms with van der Waals surface area (Å²) in [6, 6.07) is 0. The quantitative estimate of drug-likeness (QED) is 0.574. The van der Waals surface area contributed by atoms with Crippen molar-refractivity contribution in [2.24, 2.45) is 0 Å². The molecule has 0 radical (unpaired) electrons. The minimum Gasteiger partial charge on any atom is -0.373 e. The number of ketones is 1. The predicted octanol–water partition coefficient (Wildman–Crippen LogP) is 0.184. The third-order valence-electron chi connectivity index (χ3n) is 1.47. The van der Waals surface area contributed by atoms with Crippen LogP contribution in [-0.4, -0.2) is 27.8 Å². The Labute approximate surface area is 59.3 Å². The van der Waals surface area contributed by atoms with Gasteiger partial charge in [0.1, 0.15) is 0 Å². The average molecular weight is 166 g/mol. The van der Waals surface area contributed by atoms with E-state index in [0.717, 1.165) is 20.5 Å². The first-order chi connectivity index (χ1) is 4.19. The zero-order chi connectivity index (χ0) is 8.58. The first-order valence-corrected chi connectivity index (χ1v) is 4.84. The topological polar surface area (TPSA) is 74.6 Å². The Hall–Kier alpha value is -0.180. The highest BCUT2D eigenvalue weighted by Crippen LogP contribution is 2.49. The van der Waals surface area contributed by atoms with Crippen molar-refractivity contribution in [1.82, 2.24) is 0 Å². The first-order valence-electron chi connectivity index (χ1n) is 2.73. The highest BCUT2D eigenvalue weighted by molar-refractivity contribution is 7.59. The van der Waals surface area contributed by atoms with Crippen LogP contribution in [0.1, 0.15) is 13.8 Å². The molecular weight excluding hydrogens is 155 g/mol. The van der Waals surface area contributed by atoms with Crippen LogP contribution in [-0.2, 0) is 9.36 Å². The maximum Gasteiger partial charge on any atom is 0.235 e. The number of hydrogen-bond donors (Lipinski definition) is 2. The van der Waals surface area contributed by atoms with Crippen LogP contribution in [0.3, 0.4) is 0 Å². The molecule has 2 unspecified atom stereocenters. The van der Waals surface area contributed by atoms with E-state index in [2.05, 4.69) is 0 Å². The van der Waals surface area contributed by atoms with Gasteiger partial charge in [0.25, 0.3) is 0 Å². The minimum atomic E-state index is -3.72. The van der Waals surface area contributed by atoms with Crippen LogP contribution in [0.5, 0.6) is 0 Å². The Morgan fingerprint density at radius 2 is 1.90 bits per heavy atom. The van der Waals surface area contributed by atoms with Crippen LogP contribution in [0.25, 0.3) is 0 Å². The predicted molar refractivity (Wildman–Crippen MR) is 37.1 cm³/mol. The zero-order valence-electron chi connectivity index (χ0n) is 6.16. The van der Waals surface area contributed by atoms with E-state index < -0.39 is 18.5 Å². The second kappa shape index (κ2) is 2.46. The van der Waals surface area contributed by atoms with Crippen molar-refractivity contribution in [3.05, 3.63) is 0 Å². The third-order valence-corrected chi connectivity index (χ3v) is 3.41. The van der Waals surface area contributed by atoms with Crippen molar-refractivity contribution in [2.75, 3.05) is 6.66 Å². The number of carbonyl (C=O) groups excluding carboxylic acids is 1. The van der Waals surface area contributed by atoms with Gasteiger partial charge in [-0.3, -0.25) is 9.36 Å². The molecule has 2 N–H and O–H groups in total.